The molecule has 10 heteroatoms. The van der Waals surface area contributed by atoms with Crippen LogP contribution in [0.1, 0.15) is 39.5 Å². The van der Waals surface area contributed by atoms with Gasteiger partial charge < -0.3 is 14.9 Å². The normalized spacial score (nSPS) is 13.7. The van der Waals surface area contributed by atoms with E-state index in [1.165, 1.54) is 22.1 Å². The van der Waals surface area contributed by atoms with Gasteiger partial charge in [-0.05, 0) is 25.0 Å². The first-order valence-corrected chi connectivity index (χ1v) is 9.02. The fraction of sp³-hybridized carbons (Fsp3) is 0.250. The summed E-state index contributed by atoms with van der Waals surface area (Å²) in [6.45, 7) is 0.0704. The van der Waals surface area contributed by atoms with Crippen molar-refractivity contribution in [2.24, 2.45) is 0 Å². The summed E-state index contributed by atoms with van der Waals surface area (Å²) in [5.41, 5.74) is 0.474. The van der Waals surface area contributed by atoms with Gasteiger partial charge in [0.25, 0.3) is 5.91 Å². The van der Waals surface area contributed by atoms with Crippen molar-refractivity contribution in [1.82, 2.24) is 20.3 Å². The lowest BCUT2D eigenvalue weighted by atomic mass is 10.3. The third-order valence-electron chi connectivity index (χ3n) is 3.83. The second kappa shape index (κ2) is 6.58. The molecule has 0 aromatic carbocycles. The van der Waals surface area contributed by atoms with Crippen molar-refractivity contribution >= 4 is 34.8 Å². The molecule has 26 heavy (non-hydrogen) atoms. The van der Waals surface area contributed by atoms with Crippen LogP contribution in [-0.2, 0) is 6.54 Å². The molecule has 3 aromatic rings. The molecular formula is C16H13ClN4O4S. The van der Waals surface area contributed by atoms with Gasteiger partial charge in [-0.1, -0.05) is 16.8 Å². The van der Waals surface area contributed by atoms with Crippen molar-refractivity contribution in [3.63, 3.8) is 0 Å². The smallest absolute Gasteiger partial charge is 0.354 e. The van der Waals surface area contributed by atoms with E-state index < -0.39 is 5.97 Å². The number of aromatic carboxylic acids is 1. The van der Waals surface area contributed by atoms with E-state index in [0.717, 1.165) is 17.7 Å². The first kappa shape index (κ1) is 16.8. The standard InChI is InChI=1S/C16H13ClN4O4S/c17-14-4-3-13(26-14)12-5-9(20-25-12)7-21-11(16(23)24)6-10(19-21)15(22)18-8-1-2-8/h3-6,8H,1-2,7H2,(H,18,22)(H,23,24). The van der Waals surface area contributed by atoms with Gasteiger partial charge in [0.05, 0.1) is 15.8 Å². The van der Waals surface area contributed by atoms with Crippen molar-refractivity contribution in [1.29, 1.82) is 0 Å². The molecule has 0 saturated heterocycles. The summed E-state index contributed by atoms with van der Waals surface area (Å²) in [6.07, 6.45) is 1.87. The van der Waals surface area contributed by atoms with Crippen LogP contribution in [0.2, 0.25) is 4.34 Å². The zero-order chi connectivity index (χ0) is 18.3. The molecule has 4 rings (SSSR count). The van der Waals surface area contributed by atoms with Gasteiger partial charge in [0, 0.05) is 18.2 Å². The Balaban J connectivity index is 1.57. The molecule has 0 radical (unpaired) electrons. The number of carbonyl (C=O) groups is 2. The number of rotatable bonds is 6. The number of carboxylic acid groups (broad SMARTS) is 1. The minimum absolute atomic E-state index is 0.0704. The number of thiophene rings is 1. The summed E-state index contributed by atoms with van der Waals surface area (Å²) in [5, 5.41) is 20.2. The fourth-order valence-electron chi connectivity index (χ4n) is 2.41. The minimum atomic E-state index is -1.17. The lowest BCUT2D eigenvalue weighted by Crippen LogP contribution is -2.25. The number of amides is 1. The summed E-state index contributed by atoms with van der Waals surface area (Å²) < 4.78 is 7.14. The third-order valence-corrected chi connectivity index (χ3v) is 5.08. The van der Waals surface area contributed by atoms with Crippen LogP contribution in [0.15, 0.2) is 28.8 Å². The van der Waals surface area contributed by atoms with Crippen molar-refractivity contribution in [2.45, 2.75) is 25.4 Å². The molecule has 1 saturated carbocycles. The van der Waals surface area contributed by atoms with Crippen LogP contribution in [0, 0.1) is 0 Å². The van der Waals surface area contributed by atoms with E-state index in [2.05, 4.69) is 15.6 Å². The number of hydrogen-bond donors (Lipinski definition) is 2. The van der Waals surface area contributed by atoms with E-state index in [1.54, 1.807) is 12.1 Å². The van der Waals surface area contributed by atoms with Crippen LogP contribution >= 0.6 is 22.9 Å². The van der Waals surface area contributed by atoms with Gasteiger partial charge in [-0.2, -0.15) is 5.10 Å². The number of hydrogen-bond acceptors (Lipinski definition) is 6. The Morgan fingerprint density at radius 1 is 1.38 bits per heavy atom. The van der Waals surface area contributed by atoms with Gasteiger partial charge in [-0.25, -0.2) is 4.79 Å². The van der Waals surface area contributed by atoms with Gasteiger partial charge in [-0.3, -0.25) is 9.48 Å². The van der Waals surface area contributed by atoms with Crippen LogP contribution in [0.25, 0.3) is 10.6 Å². The predicted molar refractivity (Wildman–Crippen MR) is 93.6 cm³/mol. The van der Waals surface area contributed by atoms with E-state index in [1.807, 2.05) is 6.07 Å². The van der Waals surface area contributed by atoms with Gasteiger partial charge in [0.15, 0.2) is 11.5 Å². The average Bonchev–Trinajstić information content (AvgIpc) is 3.02. The molecule has 3 aromatic heterocycles. The summed E-state index contributed by atoms with van der Waals surface area (Å²) in [4.78, 5) is 24.4. The van der Waals surface area contributed by atoms with Gasteiger partial charge >= 0.3 is 5.97 Å². The second-order valence-corrected chi connectivity index (χ2v) is 7.63. The molecule has 134 valence electrons. The Morgan fingerprint density at radius 2 is 2.19 bits per heavy atom. The Kier molecular flexibility index (Phi) is 4.25. The molecule has 1 fully saturated rings. The maximum atomic E-state index is 12.1. The maximum absolute atomic E-state index is 12.1. The number of carbonyl (C=O) groups excluding carboxylic acids is 1. The van der Waals surface area contributed by atoms with Crippen LogP contribution in [0.5, 0.6) is 0 Å². The highest BCUT2D eigenvalue weighted by Crippen LogP contribution is 2.31. The first-order valence-electron chi connectivity index (χ1n) is 7.83. The lowest BCUT2D eigenvalue weighted by Gasteiger charge is -2.01. The molecule has 1 aliphatic carbocycles. The topological polar surface area (TPSA) is 110 Å². The zero-order valence-corrected chi connectivity index (χ0v) is 14.9. The van der Waals surface area contributed by atoms with Crippen LogP contribution in [0.4, 0.5) is 0 Å². The van der Waals surface area contributed by atoms with Crippen molar-refractivity contribution in [2.75, 3.05) is 0 Å². The predicted octanol–water partition coefficient (Wildman–Crippen LogP) is 2.89. The second-order valence-electron chi connectivity index (χ2n) is 5.91. The number of nitrogens with one attached hydrogen (secondary N) is 1. The van der Waals surface area contributed by atoms with E-state index >= 15 is 0 Å². The van der Waals surface area contributed by atoms with Crippen LogP contribution in [0.3, 0.4) is 0 Å². The molecule has 0 spiro atoms. The molecule has 8 nitrogen and oxygen atoms in total. The average molecular weight is 393 g/mol. The largest absolute Gasteiger partial charge is 0.477 e. The van der Waals surface area contributed by atoms with Crippen molar-refractivity contribution in [3.8, 4) is 10.6 Å². The highest BCUT2D eigenvalue weighted by Gasteiger charge is 2.26. The highest BCUT2D eigenvalue weighted by atomic mass is 35.5. The first-order chi connectivity index (χ1) is 12.5. The Morgan fingerprint density at radius 3 is 2.85 bits per heavy atom. The van der Waals surface area contributed by atoms with Crippen molar-refractivity contribution in [3.05, 3.63) is 45.7 Å². The highest BCUT2D eigenvalue weighted by molar-refractivity contribution is 7.19. The minimum Gasteiger partial charge on any atom is -0.477 e. The summed E-state index contributed by atoms with van der Waals surface area (Å²) in [7, 11) is 0. The molecular weight excluding hydrogens is 380 g/mol. The zero-order valence-electron chi connectivity index (χ0n) is 13.3. The molecule has 1 amide bonds. The molecule has 0 unspecified atom stereocenters. The lowest BCUT2D eigenvalue weighted by molar-refractivity contribution is 0.0683. The Labute approximate surface area is 156 Å². The summed E-state index contributed by atoms with van der Waals surface area (Å²) in [5.74, 6) is -1.01. The monoisotopic (exact) mass is 392 g/mol. The van der Waals surface area contributed by atoms with Crippen molar-refractivity contribution < 1.29 is 19.2 Å². The molecule has 3 heterocycles. The molecule has 0 bridgehead atoms. The SMILES string of the molecule is O=C(NC1CC1)c1cc(C(=O)O)n(Cc2cc(-c3ccc(Cl)s3)on2)n1. The van der Waals surface area contributed by atoms with Gasteiger partial charge in [0.2, 0.25) is 0 Å². The quantitative estimate of drug-likeness (QED) is 0.667. The van der Waals surface area contributed by atoms with E-state index in [9.17, 15) is 14.7 Å². The number of aromatic nitrogens is 3. The number of nitrogens with zero attached hydrogens (tertiary/aromatic N) is 3. The van der Waals surface area contributed by atoms with E-state index in [0.29, 0.717) is 15.8 Å². The van der Waals surface area contributed by atoms with E-state index in [4.69, 9.17) is 16.1 Å². The Hall–Kier alpha value is -2.65. The fourth-order valence-corrected chi connectivity index (χ4v) is 3.40. The number of carboxylic acids is 1. The summed E-state index contributed by atoms with van der Waals surface area (Å²) in [6, 6.07) is 6.69. The van der Waals surface area contributed by atoms with Gasteiger partial charge in [0.1, 0.15) is 11.4 Å². The third kappa shape index (κ3) is 3.49. The maximum Gasteiger partial charge on any atom is 0.354 e. The molecule has 0 aliphatic heterocycles. The van der Waals surface area contributed by atoms with E-state index in [-0.39, 0.29) is 29.9 Å². The van der Waals surface area contributed by atoms with Crippen LogP contribution < -0.4 is 5.32 Å². The number of halogens is 1. The molecule has 2 N–H and O–H groups in total. The Bertz CT molecular complexity index is 988. The molecule has 0 atom stereocenters. The summed E-state index contributed by atoms with van der Waals surface area (Å²) >= 11 is 7.26. The van der Waals surface area contributed by atoms with Gasteiger partial charge in [-0.15, -0.1) is 11.3 Å². The molecule has 1 aliphatic rings. The van der Waals surface area contributed by atoms with Crippen LogP contribution in [-0.4, -0.2) is 38.0 Å².